The number of nitrogens with zero attached hydrogens (tertiary/aromatic N) is 4. The second-order valence-electron chi connectivity index (χ2n) is 14.5. The number of carboxylic acid groups (broad SMARTS) is 1. The van der Waals surface area contributed by atoms with Gasteiger partial charge in [-0.1, -0.05) is 73.5 Å². The van der Waals surface area contributed by atoms with Crippen LogP contribution in [-0.4, -0.2) is 133 Å². The Morgan fingerprint density at radius 2 is 1.04 bits per heavy atom. The Kier molecular flexibility index (Phi) is 15.8. The summed E-state index contributed by atoms with van der Waals surface area (Å²) >= 11 is 0. The largest absolute Gasteiger partial charge is 0.465 e. The number of carbonyl (C=O) groups excluding carboxylic acids is 3. The maximum absolute atomic E-state index is 12.9. The van der Waals surface area contributed by atoms with E-state index in [1.54, 1.807) is 4.90 Å². The number of urea groups is 2. The number of unbranched alkanes of at least 4 members (excludes halogenated alkanes) is 3. The molecule has 14 nitrogen and oxygen atoms in total. The Morgan fingerprint density at radius 3 is 1.42 bits per heavy atom. The van der Waals surface area contributed by atoms with Crippen LogP contribution in [0.15, 0.2) is 60.7 Å². The summed E-state index contributed by atoms with van der Waals surface area (Å²) in [6.07, 6.45) is 2.30. The highest BCUT2D eigenvalue weighted by atomic mass is 16.6. The highest BCUT2D eigenvalue weighted by Gasteiger charge is 2.28. The Labute approximate surface area is 308 Å². The van der Waals surface area contributed by atoms with Crippen LogP contribution in [-0.2, 0) is 4.74 Å². The van der Waals surface area contributed by atoms with Gasteiger partial charge in [0, 0.05) is 78.5 Å². The molecule has 0 aliphatic carbocycles. The van der Waals surface area contributed by atoms with Crippen LogP contribution in [0.1, 0.15) is 69.7 Å². The lowest BCUT2D eigenvalue weighted by atomic mass is 10.1. The van der Waals surface area contributed by atoms with E-state index in [9.17, 15) is 24.3 Å². The zero-order valence-corrected chi connectivity index (χ0v) is 31.0. The molecule has 1 unspecified atom stereocenters. The van der Waals surface area contributed by atoms with Crippen LogP contribution < -0.4 is 21.3 Å². The maximum Gasteiger partial charge on any atom is 0.410 e. The minimum absolute atomic E-state index is 0.199. The molecule has 2 aromatic carbocycles. The lowest BCUT2D eigenvalue weighted by Crippen LogP contribution is -2.52. The van der Waals surface area contributed by atoms with Gasteiger partial charge in [0.2, 0.25) is 0 Å². The van der Waals surface area contributed by atoms with E-state index in [0.29, 0.717) is 78.5 Å². The molecular formula is C38H58N8O6. The molecule has 52 heavy (non-hydrogen) atoms. The smallest absolute Gasteiger partial charge is 0.410 e. The highest BCUT2D eigenvalue weighted by molar-refractivity contribution is 5.75. The predicted molar refractivity (Wildman–Crippen MR) is 200 cm³/mol. The number of rotatable bonds is 15. The van der Waals surface area contributed by atoms with Crippen LogP contribution in [0.5, 0.6) is 0 Å². The number of amides is 6. The molecule has 2 saturated heterocycles. The van der Waals surface area contributed by atoms with Gasteiger partial charge in [-0.2, -0.15) is 0 Å². The van der Waals surface area contributed by atoms with Gasteiger partial charge in [0.05, 0.1) is 12.1 Å². The first-order chi connectivity index (χ1) is 25.0. The zero-order chi connectivity index (χ0) is 37.3. The minimum atomic E-state index is -0.896. The summed E-state index contributed by atoms with van der Waals surface area (Å²) in [5, 5.41) is 21.5. The highest BCUT2D eigenvalue weighted by Crippen LogP contribution is 2.18. The van der Waals surface area contributed by atoms with Crippen LogP contribution in [0.2, 0.25) is 0 Å². The molecule has 2 aliphatic heterocycles. The van der Waals surface area contributed by atoms with Crippen molar-refractivity contribution in [2.24, 2.45) is 0 Å². The van der Waals surface area contributed by atoms with Crippen molar-refractivity contribution in [1.29, 1.82) is 0 Å². The van der Waals surface area contributed by atoms with Crippen molar-refractivity contribution in [3.63, 3.8) is 0 Å². The molecule has 0 spiro atoms. The summed E-state index contributed by atoms with van der Waals surface area (Å²) in [4.78, 5) is 57.1. The molecule has 5 N–H and O–H groups in total. The number of hydrogen-bond donors (Lipinski definition) is 5. The quantitative estimate of drug-likeness (QED) is 0.169. The molecule has 0 aromatic heterocycles. The standard InChI is InChI=1S/C38H58N8O6/c1-38(2,3)52-37(51)46-26-22-44(23-27-46)29-33(31-16-10-7-11-17-31)42-35(48)40-19-13-5-4-12-18-39-34(47)41-32(30-14-8-6-9-15-30)28-43-20-24-45(25-21-43)36(49)50/h6-11,14-17,32-33H,4-5,12-13,18-29H2,1-3H3,(H,49,50)(H2,39,41,47)(H2,40,42,48)/t32?,33-/m0/s1. The van der Waals surface area contributed by atoms with Crippen molar-refractivity contribution in [3.05, 3.63) is 71.8 Å². The monoisotopic (exact) mass is 722 g/mol. The van der Waals surface area contributed by atoms with E-state index < -0.39 is 11.7 Å². The summed E-state index contributed by atoms with van der Waals surface area (Å²) in [6, 6.07) is 18.9. The maximum atomic E-state index is 12.9. The van der Waals surface area contributed by atoms with E-state index in [1.807, 2.05) is 81.4 Å². The van der Waals surface area contributed by atoms with E-state index in [4.69, 9.17) is 4.74 Å². The summed E-state index contributed by atoms with van der Waals surface area (Å²) in [7, 11) is 0. The molecule has 286 valence electrons. The van der Waals surface area contributed by atoms with Gasteiger partial charge in [-0.3, -0.25) is 9.80 Å². The first kappa shape index (κ1) is 40.2. The number of nitrogens with one attached hydrogen (secondary N) is 4. The average Bonchev–Trinajstić information content (AvgIpc) is 3.12. The Balaban J connectivity index is 1.11. The summed E-state index contributed by atoms with van der Waals surface area (Å²) in [6.45, 7) is 12.6. The Morgan fingerprint density at radius 1 is 0.635 bits per heavy atom. The Hall–Kier alpha value is -4.56. The van der Waals surface area contributed by atoms with E-state index >= 15 is 0 Å². The SMILES string of the molecule is CC(C)(C)OC(=O)N1CCN(C[C@H](NC(=O)NCCCCCCNC(=O)NC(CN2CCN(C(=O)O)CC2)c2ccccc2)c2ccccc2)CC1. The molecule has 6 amide bonds. The minimum Gasteiger partial charge on any atom is -0.465 e. The van der Waals surface area contributed by atoms with Gasteiger partial charge in [0.1, 0.15) is 5.60 Å². The number of hydrogen-bond acceptors (Lipinski definition) is 7. The predicted octanol–water partition coefficient (Wildman–Crippen LogP) is 4.48. The van der Waals surface area contributed by atoms with Gasteiger partial charge >= 0.3 is 24.2 Å². The zero-order valence-electron chi connectivity index (χ0n) is 31.0. The first-order valence-corrected chi connectivity index (χ1v) is 18.6. The van der Waals surface area contributed by atoms with Crippen LogP contribution in [0, 0.1) is 0 Å². The van der Waals surface area contributed by atoms with E-state index in [-0.39, 0.29) is 30.2 Å². The molecule has 2 atom stereocenters. The average molecular weight is 723 g/mol. The van der Waals surface area contributed by atoms with Crippen molar-refractivity contribution in [3.8, 4) is 0 Å². The van der Waals surface area contributed by atoms with Crippen LogP contribution in [0.25, 0.3) is 0 Å². The van der Waals surface area contributed by atoms with Crippen LogP contribution in [0.3, 0.4) is 0 Å². The third kappa shape index (κ3) is 14.2. The van der Waals surface area contributed by atoms with E-state index in [2.05, 4.69) is 31.1 Å². The third-order valence-electron chi connectivity index (χ3n) is 9.24. The molecule has 4 rings (SSSR count). The van der Waals surface area contributed by atoms with Crippen LogP contribution >= 0.6 is 0 Å². The van der Waals surface area contributed by atoms with Crippen molar-refractivity contribution >= 4 is 24.2 Å². The topological polar surface area (TPSA) is 159 Å². The summed E-state index contributed by atoms with van der Waals surface area (Å²) in [5.74, 6) is 0. The van der Waals surface area contributed by atoms with Crippen molar-refractivity contribution in [1.82, 2.24) is 40.9 Å². The number of carbonyl (C=O) groups is 4. The molecule has 0 bridgehead atoms. The van der Waals surface area contributed by atoms with Crippen molar-refractivity contribution < 1.29 is 29.0 Å². The van der Waals surface area contributed by atoms with Crippen molar-refractivity contribution in [2.75, 3.05) is 78.5 Å². The molecule has 0 radical (unpaired) electrons. The number of benzene rings is 2. The third-order valence-corrected chi connectivity index (χ3v) is 9.24. The van der Waals surface area contributed by atoms with Gasteiger partial charge in [-0.05, 0) is 44.7 Å². The van der Waals surface area contributed by atoms with Gasteiger partial charge in [-0.15, -0.1) is 0 Å². The summed E-state index contributed by atoms with van der Waals surface area (Å²) < 4.78 is 5.52. The first-order valence-electron chi connectivity index (χ1n) is 18.6. The number of piperazine rings is 2. The van der Waals surface area contributed by atoms with Crippen molar-refractivity contribution in [2.45, 2.75) is 64.1 Å². The number of ether oxygens (including phenoxy) is 1. The molecule has 2 heterocycles. The normalized spacial score (nSPS) is 16.8. The lowest BCUT2D eigenvalue weighted by Gasteiger charge is -2.37. The van der Waals surface area contributed by atoms with E-state index in [1.165, 1.54) is 4.90 Å². The molecule has 14 heteroatoms. The van der Waals surface area contributed by atoms with Gasteiger partial charge in [0.25, 0.3) is 0 Å². The molecular weight excluding hydrogens is 664 g/mol. The van der Waals surface area contributed by atoms with Gasteiger partial charge in [-0.25, -0.2) is 19.2 Å². The molecule has 0 saturated carbocycles. The van der Waals surface area contributed by atoms with Gasteiger partial charge in [0.15, 0.2) is 0 Å². The summed E-state index contributed by atoms with van der Waals surface area (Å²) in [5.41, 5.74) is 1.50. The molecule has 2 fully saturated rings. The van der Waals surface area contributed by atoms with Crippen LogP contribution in [0.4, 0.5) is 19.2 Å². The lowest BCUT2D eigenvalue weighted by molar-refractivity contribution is 0.0139. The fourth-order valence-electron chi connectivity index (χ4n) is 6.34. The van der Waals surface area contributed by atoms with Gasteiger partial charge < -0.3 is 40.9 Å². The molecule has 2 aromatic rings. The second kappa shape index (κ2) is 20.5. The fraction of sp³-hybridized carbons (Fsp3) is 0.579. The van der Waals surface area contributed by atoms with E-state index in [0.717, 1.165) is 36.8 Å². The second-order valence-corrected chi connectivity index (χ2v) is 14.5. The Bertz CT molecular complexity index is 1390. The molecule has 2 aliphatic rings. The fourth-order valence-corrected chi connectivity index (χ4v) is 6.34.